The topological polar surface area (TPSA) is 55.4 Å². The molecule has 1 aromatic rings. The van der Waals surface area contributed by atoms with Crippen LogP contribution in [0.3, 0.4) is 0 Å². The van der Waals surface area contributed by atoms with Gasteiger partial charge >= 0.3 is 0 Å². The Balaban J connectivity index is 2.00. The van der Waals surface area contributed by atoms with Crippen molar-refractivity contribution in [3.8, 4) is 5.75 Å². The molecule has 1 saturated heterocycles. The summed E-state index contributed by atoms with van der Waals surface area (Å²) in [6.07, 6.45) is 0.746. The average Bonchev–Trinajstić information content (AvgIpc) is 2.78. The molecule has 21 heavy (non-hydrogen) atoms. The van der Waals surface area contributed by atoms with Crippen molar-refractivity contribution in [2.24, 2.45) is 5.92 Å². The molecule has 0 aromatic heterocycles. The second-order valence-electron chi connectivity index (χ2n) is 5.51. The molecule has 0 radical (unpaired) electrons. The van der Waals surface area contributed by atoms with Gasteiger partial charge in [-0.25, -0.2) is 8.42 Å². The number of sulfone groups is 1. The normalized spacial score (nSPS) is 22.1. The molecule has 0 amide bonds. The standard InChI is InChI=1S/C15H22ClNO3S/c1-3-20-15-5-4-13(16)8-14(15)11(2)17-9-12-6-7-21(18,19)10-12/h4-5,8,11-12,17H,3,6-7,9-10H2,1-2H3/t11-,12-/m1/s1. The van der Waals surface area contributed by atoms with Crippen molar-refractivity contribution in [3.63, 3.8) is 0 Å². The molecule has 1 aliphatic heterocycles. The fourth-order valence-electron chi connectivity index (χ4n) is 2.63. The summed E-state index contributed by atoms with van der Waals surface area (Å²) in [6, 6.07) is 5.65. The van der Waals surface area contributed by atoms with Gasteiger partial charge in [0.15, 0.2) is 9.84 Å². The minimum absolute atomic E-state index is 0.0635. The third-order valence-electron chi connectivity index (χ3n) is 3.78. The molecule has 0 unspecified atom stereocenters. The van der Waals surface area contributed by atoms with Gasteiger partial charge < -0.3 is 10.1 Å². The highest BCUT2D eigenvalue weighted by atomic mass is 35.5. The van der Waals surface area contributed by atoms with Crippen molar-refractivity contribution < 1.29 is 13.2 Å². The Morgan fingerprint density at radius 2 is 2.24 bits per heavy atom. The summed E-state index contributed by atoms with van der Waals surface area (Å²) in [6.45, 7) is 5.28. The summed E-state index contributed by atoms with van der Waals surface area (Å²) in [7, 11) is -2.82. The van der Waals surface area contributed by atoms with E-state index < -0.39 is 9.84 Å². The number of benzene rings is 1. The summed E-state index contributed by atoms with van der Waals surface area (Å²) in [5.74, 6) is 1.63. The maximum Gasteiger partial charge on any atom is 0.150 e. The van der Waals surface area contributed by atoms with Crippen LogP contribution < -0.4 is 10.1 Å². The molecule has 1 N–H and O–H groups in total. The molecular weight excluding hydrogens is 310 g/mol. The number of hydrogen-bond acceptors (Lipinski definition) is 4. The molecule has 1 aliphatic rings. The maximum atomic E-state index is 11.5. The van der Waals surface area contributed by atoms with Crippen LogP contribution in [0.1, 0.15) is 31.9 Å². The zero-order valence-electron chi connectivity index (χ0n) is 12.4. The Hall–Kier alpha value is -0.780. The van der Waals surface area contributed by atoms with Crippen LogP contribution in [-0.2, 0) is 9.84 Å². The highest BCUT2D eigenvalue weighted by molar-refractivity contribution is 7.91. The molecule has 1 aromatic carbocycles. The minimum Gasteiger partial charge on any atom is -0.494 e. The lowest BCUT2D eigenvalue weighted by Crippen LogP contribution is -2.26. The Labute approximate surface area is 131 Å². The molecule has 0 bridgehead atoms. The van der Waals surface area contributed by atoms with Crippen LogP contribution in [0.4, 0.5) is 0 Å². The van der Waals surface area contributed by atoms with E-state index in [1.807, 2.05) is 32.0 Å². The Morgan fingerprint density at radius 3 is 2.86 bits per heavy atom. The molecule has 2 atom stereocenters. The first-order chi connectivity index (χ1) is 9.91. The number of rotatable bonds is 6. The molecule has 0 spiro atoms. The van der Waals surface area contributed by atoms with Crippen molar-refractivity contribution in [1.29, 1.82) is 0 Å². The molecule has 2 rings (SSSR count). The van der Waals surface area contributed by atoms with Crippen molar-refractivity contribution >= 4 is 21.4 Å². The number of nitrogens with one attached hydrogen (secondary N) is 1. The minimum atomic E-state index is -2.82. The number of hydrogen-bond donors (Lipinski definition) is 1. The van der Waals surface area contributed by atoms with Crippen LogP contribution in [-0.4, -0.2) is 33.1 Å². The van der Waals surface area contributed by atoms with Crippen LogP contribution in [0.2, 0.25) is 5.02 Å². The highest BCUT2D eigenvalue weighted by Crippen LogP contribution is 2.29. The largest absolute Gasteiger partial charge is 0.494 e. The van der Waals surface area contributed by atoms with Gasteiger partial charge in [-0.1, -0.05) is 11.6 Å². The first-order valence-corrected chi connectivity index (χ1v) is 9.47. The first-order valence-electron chi connectivity index (χ1n) is 7.27. The SMILES string of the molecule is CCOc1ccc(Cl)cc1[C@@H](C)NC[C@H]1CCS(=O)(=O)C1. The fraction of sp³-hybridized carbons (Fsp3) is 0.600. The van der Waals surface area contributed by atoms with E-state index >= 15 is 0 Å². The van der Waals surface area contributed by atoms with Crippen LogP contribution >= 0.6 is 11.6 Å². The summed E-state index contributed by atoms with van der Waals surface area (Å²) < 4.78 is 28.6. The second-order valence-corrected chi connectivity index (χ2v) is 8.18. The maximum absolute atomic E-state index is 11.5. The lowest BCUT2D eigenvalue weighted by atomic mass is 10.1. The molecule has 118 valence electrons. The van der Waals surface area contributed by atoms with Gasteiger partial charge in [0.05, 0.1) is 18.1 Å². The number of halogens is 1. The summed E-state index contributed by atoms with van der Waals surface area (Å²) in [5, 5.41) is 4.07. The quantitative estimate of drug-likeness (QED) is 0.871. The summed E-state index contributed by atoms with van der Waals surface area (Å²) >= 11 is 6.06. The van der Waals surface area contributed by atoms with Gasteiger partial charge in [-0.05, 0) is 50.9 Å². The smallest absolute Gasteiger partial charge is 0.150 e. The third-order valence-corrected chi connectivity index (χ3v) is 5.85. The fourth-order valence-corrected chi connectivity index (χ4v) is 4.67. The van der Waals surface area contributed by atoms with E-state index in [0.717, 1.165) is 17.7 Å². The van der Waals surface area contributed by atoms with Gasteiger partial charge in [0, 0.05) is 16.6 Å². The van der Waals surface area contributed by atoms with Crippen molar-refractivity contribution in [2.45, 2.75) is 26.3 Å². The predicted molar refractivity (Wildman–Crippen MR) is 85.8 cm³/mol. The van der Waals surface area contributed by atoms with Gasteiger partial charge in [-0.2, -0.15) is 0 Å². The molecule has 0 aliphatic carbocycles. The predicted octanol–water partition coefficient (Wildman–Crippen LogP) is 2.82. The highest BCUT2D eigenvalue weighted by Gasteiger charge is 2.28. The van der Waals surface area contributed by atoms with E-state index in [1.54, 1.807) is 0 Å². The summed E-state index contributed by atoms with van der Waals surface area (Å²) in [4.78, 5) is 0. The van der Waals surface area contributed by atoms with E-state index in [4.69, 9.17) is 16.3 Å². The van der Waals surface area contributed by atoms with Crippen molar-refractivity contribution in [2.75, 3.05) is 24.7 Å². The van der Waals surface area contributed by atoms with E-state index in [9.17, 15) is 8.42 Å². The Bertz CT molecular complexity index is 589. The molecule has 6 heteroatoms. The third kappa shape index (κ3) is 4.59. The van der Waals surface area contributed by atoms with Crippen molar-refractivity contribution in [3.05, 3.63) is 28.8 Å². The van der Waals surface area contributed by atoms with E-state index in [2.05, 4.69) is 5.32 Å². The van der Waals surface area contributed by atoms with Gasteiger partial charge in [0.2, 0.25) is 0 Å². The zero-order valence-corrected chi connectivity index (χ0v) is 14.0. The van der Waals surface area contributed by atoms with Gasteiger partial charge in [-0.3, -0.25) is 0 Å². The molecule has 1 fully saturated rings. The van der Waals surface area contributed by atoms with Crippen LogP contribution in [0.15, 0.2) is 18.2 Å². The molecule has 4 nitrogen and oxygen atoms in total. The van der Waals surface area contributed by atoms with Gasteiger partial charge in [-0.15, -0.1) is 0 Å². The van der Waals surface area contributed by atoms with Gasteiger partial charge in [0.25, 0.3) is 0 Å². The molecule has 1 heterocycles. The zero-order chi connectivity index (χ0) is 15.5. The van der Waals surface area contributed by atoms with E-state index in [0.29, 0.717) is 29.7 Å². The Morgan fingerprint density at radius 1 is 1.48 bits per heavy atom. The first kappa shape index (κ1) is 16.6. The summed E-state index contributed by atoms with van der Waals surface area (Å²) in [5.41, 5.74) is 1.00. The van der Waals surface area contributed by atoms with Crippen LogP contribution in [0.5, 0.6) is 5.75 Å². The van der Waals surface area contributed by atoms with Gasteiger partial charge in [0.1, 0.15) is 5.75 Å². The molecule has 0 saturated carbocycles. The monoisotopic (exact) mass is 331 g/mol. The van der Waals surface area contributed by atoms with E-state index in [1.165, 1.54) is 0 Å². The lowest BCUT2D eigenvalue weighted by molar-refractivity contribution is 0.331. The van der Waals surface area contributed by atoms with Crippen LogP contribution in [0, 0.1) is 5.92 Å². The average molecular weight is 332 g/mol. The Kier molecular flexibility index (Phi) is 5.52. The number of ether oxygens (including phenoxy) is 1. The molecular formula is C15H22ClNO3S. The van der Waals surface area contributed by atoms with Crippen molar-refractivity contribution in [1.82, 2.24) is 5.32 Å². The van der Waals surface area contributed by atoms with E-state index in [-0.39, 0.29) is 12.0 Å². The van der Waals surface area contributed by atoms with Crippen LogP contribution in [0.25, 0.3) is 0 Å². The second kappa shape index (κ2) is 6.99. The lowest BCUT2D eigenvalue weighted by Gasteiger charge is -2.20.